The van der Waals surface area contributed by atoms with Gasteiger partial charge in [0.1, 0.15) is 23.3 Å². The maximum atomic E-state index is 11.0. The molecule has 0 aliphatic heterocycles. The van der Waals surface area contributed by atoms with Crippen molar-refractivity contribution in [1.29, 1.82) is 0 Å². The number of aryl methyl sites for hydroxylation is 1. The molecule has 0 aliphatic carbocycles. The summed E-state index contributed by atoms with van der Waals surface area (Å²) in [6.45, 7) is 9.28. The largest absolute Gasteiger partial charge is 0.744 e. The molecule has 1 aromatic carbocycles. The molecule has 8 heteroatoms. The zero-order valence-corrected chi connectivity index (χ0v) is 17.0. The summed E-state index contributed by atoms with van der Waals surface area (Å²) in [5, 5.41) is 0. The van der Waals surface area contributed by atoms with Crippen LogP contribution in [0.5, 0.6) is 0 Å². The highest BCUT2D eigenvalue weighted by molar-refractivity contribution is 7.85. The second-order valence-electron chi connectivity index (χ2n) is 6.81. The Kier molecular flexibility index (Phi) is 10.3. The number of carbonyl (C=O) groups is 1. The number of ether oxygens (including phenoxy) is 2. The molecule has 0 unspecified atom stereocenters. The fourth-order valence-corrected chi connectivity index (χ4v) is 1.93. The van der Waals surface area contributed by atoms with Gasteiger partial charge in [-0.3, -0.25) is 0 Å². The van der Waals surface area contributed by atoms with Crippen LogP contribution in [-0.2, 0) is 24.4 Å². The van der Waals surface area contributed by atoms with Crippen LogP contribution in [0.2, 0.25) is 0 Å². The first-order valence-corrected chi connectivity index (χ1v) is 9.47. The molecular weight excluding hydrogens is 358 g/mol. The van der Waals surface area contributed by atoms with Gasteiger partial charge in [0, 0.05) is 5.57 Å². The Bertz CT molecular complexity index is 675. The molecule has 0 fully saturated rings. The molecule has 0 aliphatic rings. The Morgan fingerprint density at radius 2 is 1.65 bits per heavy atom. The zero-order valence-electron chi connectivity index (χ0n) is 16.1. The molecule has 0 atom stereocenters. The molecule has 148 valence electrons. The Morgan fingerprint density at radius 3 is 2.08 bits per heavy atom. The molecule has 0 saturated carbocycles. The number of rotatable bonds is 8. The van der Waals surface area contributed by atoms with Crippen LogP contribution in [0.3, 0.4) is 0 Å². The average molecular weight is 387 g/mol. The lowest BCUT2D eigenvalue weighted by molar-refractivity contribution is -0.870. The monoisotopic (exact) mass is 387 g/mol. The van der Waals surface area contributed by atoms with Crippen LogP contribution in [0.4, 0.5) is 0 Å². The molecule has 0 radical (unpaired) electrons. The topological polar surface area (TPSA) is 92.7 Å². The van der Waals surface area contributed by atoms with E-state index in [0.717, 1.165) is 16.6 Å². The lowest BCUT2D eigenvalue weighted by atomic mass is 10.2. The minimum Gasteiger partial charge on any atom is -0.744 e. The van der Waals surface area contributed by atoms with E-state index in [2.05, 4.69) is 27.7 Å². The summed E-state index contributed by atoms with van der Waals surface area (Å²) < 4.78 is 42.2. The fourth-order valence-electron chi connectivity index (χ4n) is 1.46. The van der Waals surface area contributed by atoms with Gasteiger partial charge in [-0.25, -0.2) is 13.2 Å². The van der Waals surface area contributed by atoms with Gasteiger partial charge in [-0.15, -0.1) is 0 Å². The summed E-state index contributed by atoms with van der Waals surface area (Å²) in [7, 11) is 2.04. The van der Waals surface area contributed by atoms with Crippen molar-refractivity contribution in [2.24, 2.45) is 0 Å². The molecule has 0 bridgehead atoms. The number of nitrogens with zero attached hydrogens (tertiary/aromatic N) is 1. The third-order valence-corrected chi connectivity index (χ3v) is 3.87. The SMILES string of the molecule is C=C(C)C(=O)OCCOCC[N+](C)(C)C.Cc1ccc(S(=O)(=O)[O-])cc1. The van der Waals surface area contributed by atoms with Gasteiger partial charge in [-0.1, -0.05) is 24.3 Å². The van der Waals surface area contributed by atoms with Crippen LogP contribution in [0.1, 0.15) is 12.5 Å². The van der Waals surface area contributed by atoms with E-state index in [9.17, 15) is 17.8 Å². The van der Waals surface area contributed by atoms with E-state index in [1.165, 1.54) is 12.1 Å². The highest BCUT2D eigenvalue weighted by atomic mass is 32.2. The molecule has 1 aromatic rings. The third-order valence-electron chi connectivity index (χ3n) is 3.03. The van der Waals surface area contributed by atoms with Gasteiger partial charge in [0.05, 0.1) is 39.3 Å². The van der Waals surface area contributed by atoms with Gasteiger partial charge in [-0.2, -0.15) is 0 Å². The number of benzene rings is 1. The van der Waals surface area contributed by atoms with Crippen molar-refractivity contribution in [3.05, 3.63) is 42.0 Å². The van der Waals surface area contributed by atoms with E-state index in [-0.39, 0.29) is 10.9 Å². The summed E-state index contributed by atoms with van der Waals surface area (Å²) >= 11 is 0. The quantitative estimate of drug-likeness (QED) is 0.222. The molecule has 0 amide bonds. The Labute approximate surface area is 156 Å². The first-order valence-electron chi connectivity index (χ1n) is 8.06. The van der Waals surface area contributed by atoms with Crippen molar-refractivity contribution in [3.63, 3.8) is 0 Å². The highest BCUT2D eigenvalue weighted by Crippen LogP contribution is 2.08. The number of quaternary nitrogens is 1. The summed E-state index contributed by atoms with van der Waals surface area (Å²) in [6.07, 6.45) is 0. The lowest BCUT2D eigenvalue weighted by Crippen LogP contribution is -2.37. The lowest BCUT2D eigenvalue weighted by Gasteiger charge is -2.23. The first kappa shape index (κ1) is 24.3. The molecule has 0 N–H and O–H groups in total. The van der Waals surface area contributed by atoms with E-state index in [1.54, 1.807) is 19.1 Å². The van der Waals surface area contributed by atoms with Crippen LogP contribution < -0.4 is 0 Å². The number of carbonyl (C=O) groups excluding carboxylic acids is 1. The minimum atomic E-state index is -4.27. The smallest absolute Gasteiger partial charge is 0.333 e. The normalized spacial score (nSPS) is 11.3. The van der Waals surface area contributed by atoms with Crippen molar-refractivity contribution >= 4 is 16.1 Å². The molecule has 1 rings (SSSR count). The van der Waals surface area contributed by atoms with Crippen molar-refractivity contribution in [3.8, 4) is 0 Å². The highest BCUT2D eigenvalue weighted by Gasteiger charge is 2.06. The predicted molar refractivity (Wildman–Crippen MR) is 98.6 cm³/mol. The average Bonchev–Trinajstić information content (AvgIpc) is 2.49. The minimum absolute atomic E-state index is 0.178. The van der Waals surface area contributed by atoms with E-state index < -0.39 is 10.1 Å². The van der Waals surface area contributed by atoms with Crippen molar-refractivity contribution in [1.82, 2.24) is 0 Å². The molecule has 26 heavy (non-hydrogen) atoms. The van der Waals surface area contributed by atoms with Crippen molar-refractivity contribution in [2.75, 3.05) is 47.5 Å². The van der Waals surface area contributed by atoms with Gasteiger partial charge in [0.25, 0.3) is 0 Å². The summed E-state index contributed by atoms with van der Waals surface area (Å²) in [6, 6.07) is 5.78. The maximum Gasteiger partial charge on any atom is 0.333 e. The van der Waals surface area contributed by atoms with E-state index in [4.69, 9.17) is 9.47 Å². The second-order valence-corrected chi connectivity index (χ2v) is 8.19. The fraction of sp³-hybridized carbons (Fsp3) is 0.500. The predicted octanol–water partition coefficient (Wildman–Crippen LogP) is 1.73. The molecule has 0 heterocycles. The van der Waals surface area contributed by atoms with Crippen LogP contribution in [0.15, 0.2) is 41.3 Å². The molecular formula is C18H29NO6S. The number of hydrogen-bond donors (Lipinski definition) is 0. The Balaban J connectivity index is 0.000000502. The number of hydrogen-bond acceptors (Lipinski definition) is 6. The zero-order chi connectivity index (χ0) is 20.4. The maximum absolute atomic E-state index is 11.0. The van der Waals surface area contributed by atoms with E-state index >= 15 is 0 Å². The molecule has 0 aromatic heterocycles. The number of likely N-dealkylation sites (N-methyl/N-ethyl adjacent to an activating group) is 1. The summed E-state index contributed by atoms with van der Waals surface area (Å²) in [5.41, 5.74) is 1.35. The van der Waals surface area contributed by atoms with E-state index in [0.29, 0.717) is 25.4 Å². The first-order chi connectivity index (χ1) is 11.8. The van der Waals surface area contributed by atoms with Crippen LogP contribution in [0, 0.1) is 6.92 Å². The van der Waals surface area contributed by atoms with Crippen LogP contribution >= 0.6 is 0 Å². The summed E-state index contributed by atoms with van der Waals surface area (Å²) in [5.74, 6) is -0.356. The van der Waals surface area contributed by atoms with Crippen LogP contribution in [-0.4, -0.2) is 70.9 Å². The number of esters is 1. The molecule has 0 spiro atoms. The van der Waals surface area contributed by atoms with Gasteiger partial charge in [0.15, 0.2) is 0 Å². The van der Waals surface area contributed by atoms with Gasteiger partial charge >= 0.3 is 5.97 Å². The van der Waals surface area contributed by atoms with E-state index in [1.807, 2.05) is 6.92 Å². The molecule has 7 nitrogen and oxygen atoms in total. The standard InChI is InChI=1S/C11H22NO3.C7H8O3S/c1-10(2)11(13)15-9-8-14-7-6-12(3,4)5;1-6-2-4-7(5-3-6)11(8,9)10/h1,6-9H2,2-5H3;2-5H,1H3,(H,8,9,10)/q+1;/p-1. The summed E-state index contributed by atoms with van der Waals surface area (Å²) in [4.78, 5) is 10.8. The Morgan fingerprint density at radius 1 is 1.12 bits per heavy atom. The van der Waals surface area contributed by atoms with Gasteiger partial charge in [0.2, 0.25) is 0 Å². The molecule has 0 saturated heterocycles. The van der Waals surface area contributed by atoms with Gasteiger partial charge < -0.3 is 18.5 Å². The Hall–Kier alpha value is -1.74. The van der Waals surface area contributed by atoms with Crippen molar-refractivity contribution in [2.45, 2.75) is 18.7 Å². The third kappa shape index (κ3) is 12.6. The van der Waals surface area contributed by atoms with Crippen molar-refractivity contribution < 1.29 is 31.7 Å². The van der Waals surface area contributed by atoms with Gasteiger partial charge in [-0.05, 0) is 26.0 Å². The second kappa shape index (κ2) is 11.1. The van der Waals surface area contributed by atoms with Crippen LogP contribution in [0.25, 0.3) is 0 Å².